The molecule has 160 valence electrons. The number of thioether (sulfide) groups is 1. The summed E-state index contributed by atoms with van der Waals surface area (Å²) >= 11 is 1.39. The van der Waals surface area contributed by atoms with Crippen LogP contribution in [0, 0.1) is 13.8 Å². The molecule has 1 aliphatic heterocycles. The van der Waals surface area contributed by atoms with E-state index in [9.17, 15) is 9.59 Å². The van der Waals surface area contributed by atoms with E-state index in [1.165, 1.54) is 11.8 Å². The fourth-order valence-corrected chi connectivity index (χ4v) is 4.09. The fraction of sp³-hybridized carbons (Fsp3) is 0.238. The summed E-state index contributed by atoms with van der Waals surface area (Å²) in [6.07, 6.45) is 0.729. The van der Waals surface area contributed by atoms with Gasteiger partial charge in [0.25, 0.3) is 11.8 Å². The highest BCUT2D eigenvalue weighted by Crippen LogP contribution is 2.31. The summed E-state index contributed by atoms with van der Waals surface area (Å²) in [4.78, 5) is 29.4. The van der Waals surface area contributed by atoms with Crippen LogP contribution in [-0.2, 0) is 10.5 Å². The third kappa shape index (κ3) is 4.64. The molecule has 3 aromatic rings. The van der Waals surface area contributed by atoms with Crippen molar-refractivity contribution in [3.05, 3.63) is 65.2 Å². The molecule has 0 spiro atoms. The lowest BCUT2D eigenvalue weighted by Gasteiger charge is -2.25. The summed E-state index contributed by atoms with van der Waals surface area (Å²) in [7, 11) is 0. The molecular formula is C21H20N4O5S. The first-order chi connectivity index (χ1) is 15.0. The minimum Gasteiger partial charge on any atom is -0.485 e. The Bertz CT molecular complexity index is 1100. The smallest absolute Gasteiger partial charge is 0.283 e. The summed E-state index contributed by atoms with van der Waals surface area (Å²) in [5.41, 5.74) is 6.91. The third-order valence-electron chi connectivity index (χ3n) is 4.65. The molecule has 31 heavy (non-hydrogen) atoms. The number of rotatable bonds is 5. The molecule has 2 N–H and O–H groups in total. The van der Waals surface area contributed by atoms with E-state index in [-0.39, 0.29) is 6.61 Å². The molecule has 3 heterocycles. The molecule has 0 fully saturated rings. The molecule has 0 radical (unpaired) electrons. The number of pyridine rings is 1. The van der Waals surface area contributed by atoms with E-state index < -0.39 is 17.9 Å². The van der Waals surface area contributed by atoms with Gasteiger partial charge in [-0.25, -0.2) is 4.98 Å². The maximum atomic E-state index is 12.7. The van der Waals surface area contributed by atoms with Gasteiger partial charge in [0.05, 0.1) is 11.3 Å². The monoisotopic (exact) mass is 440 g/mol. The standard InChI is InChI=1S/C21H20N4O5S/c1-12-15(13(2)30-25-12)11-31-21-14(6-5-9-22-21)19(26)23-24-20(27)18-10-28-16-7-3-4-8-17(16)29-18/h3-9,18H,10-11H2,1-2H3,(H,23,26)(H,24,27). The first-order valence-electron chi connectivity index (χ1n) is 9.51. The van der Waals surface area contributed by atoms with Crippen molar-refractivity contribution in [1.82, 2.24) is 21.0 Å². The summed E-state index contributed by atoms with van der Waals surface area (Å²) in [6.45, 7) is 3.75. The fourth-order valence-electron chi connectivity index (χ4n) is 2.94. The number of nitrogens with zero attached hydrogens (tertiary/aromatic N) is 2. The number of aryl methyl sites for hydroxylation is 2. The number of aromatic nitrogens is 2. The lowest BCUT2D eigenvalue weighted by atomic mass is 10.2. The molecule has 0 bridgehead atoms. The number of carbonyl (C=O) groups excluding carboxylic acids is 2. The van der Waals surface area contributed by atoms with Crippen molar-refractivity contribution in [2.75, 3.05) is 6.61 Å². The maximum absolute atomic E-state index is 12.7. The first-order valence-corrected chi connectivity index (χ1v) is 10.5. The van der Waals surface area contributed by atoms with Crippen LogP contribution < -0.4 is 20.3 Å². The number of hydrogen-bond acceptors (Lipinski definition) is 8. The van der Waals surface area contributed by atoms with E-state index in [4.69, 9.17) is 14.0 Å². The number of carbonyl (C=O) groups is 2. The highest BCUT2D eigenvalue weighted by Gasteiger charge is 2.28. The van der Waals surface area contributed by atoms with Crippen LogP contribution >= 0.6 is 11.8 Å². The minimum absolute atomic E-state index is 0.0458. The van der Waals surface area contributed by atoms with Gasteiger partial charge in [-0.3, -0.25) is 20.4 Å². The van der Waals surface area contributed by atoms with Crippen LogP contribution in [0.4, 0.5) is 0 Å². The van der Waals surface area contributed by atoms with Crippen molar-refractivity contribution in [2.45, 2.75) is 30.7 Å². The van der Waals surface area contributed by atoms with Crippen LogP contribution in [-0.4, -0.2) is 34.7 Å². The van der Waals surface area contributed by atoms with Gasteiger partial charge in [0.2, 0.25) is 6.10 Å². The zero-order chi connectivity index (χ0) is 21.8. The van der Waals surface area contributed by atoms with Gasteiger partial charge in [0.1, 0.15) is 17.4 Å². The SMILES string of the molecule is Cc1noc(C)c1CSc1ncccc1C(=O)NNC(=O)C1COc2ccccc2O1. The van der Waals surface area contributed by atoms with Crippen LogP contribution in [0.5, 0.6) is 11.5 Å². The Kier molecular flexibility index (Phi) is 6.08. The number of benzene rings is 1. The van der Waals surface area contributed by atoms with E-state index in [0.29, 0.717) is 27.8 Å². The van der Waals surface area contributed by atoms with Gasteiger partial charge in [0, 0.05) is 17.5 Å². The van der Waals surface area contributed by atoms with Gasteiger partial charge in [-0.2, -0.15) is 0 Å². The Morgan fingerprint density at radius 3 is 2.71 bits per heavy atom. The largest absolute Gasteiger partial charge is 0.485 e. The zero-order valence-electron chi connectivity index (χ0n) is 16.9. The molecule has 2 aromatic heterocycles. The average Bonchev–Trinajstić information content (AvgIpc) is 3.12. The Hall–Kier alpha value is -3.53. The van der Waals surface area contributed by atoms with E-state index >= 15 is 0 Å². The highest BCUT2D eigenvalue weighted by atomic mass is 32.2. The minimum atomic E-state index is -0.877. The van der Waals surface area contributed by atoms with Gasteiger partial charge < -0.3 is 14.0 Å². The summed E-state index contributed by atoms with van der Waals surface area (Å²) < 4.78 is 16.3. The molecule has 0 saturated carbocycles. The van der Waals surface area contributed by atoms with Crippen molar-refractivity contribution in [3.63, 3.8) is 0 Å². The third-order valence-corrected chi connectivity index (χ3v) is 5.68. The average molecular weight is 440 g/mol. The van der Waals surface area contributed by atoms with Gasteiger partial charge in [-0.05, 0) is 38.1 Å². The maximum Gasteiger partial charge on any atom is 0.283 e. The van der Waals surface area contributed by atoms with Crippen LogP contribution in [0.3, 0.4) is 0 Å². The summed E-state index contributed by atoms with van der Waals surface area (Å²) in [6, 6.07) is 10.4. The van der Waals surface area contributed by atoms with Crippen LogP contribution in [0.1, 0.15) is 27.4 Å². The number of hydrogen-bond donors (Lipinski definition) is 2. The quantitative estimate of drug-likeness (QED) is 0.459. The van der Waals surface area contributed by atoms with E-state index in [0.717, 1.165) is 17.0 Å². The zero-order valence-corrected chi connectivity index (χ0v) is 17.7. The summed E-state index contributed by atoms with van der Waals surface area (Å²) in [5, 5.41) is 4.46. The molecule has 4 rings (SSSR count). The highest BCUT2D eigenvalue weighted by molar-refractivity contribution is 7.98. The second kappa shape index (κ2) is 9.09. The Labute approximate surface area is 182 Å². The van der Waals surface area contributed by atoms with E-state index in [1.807, 2.05) is 19.9 Å². The predicted molar refractivity (Wildman–Crippen MR) is 112 cm³/mol. The second-order valence-corrected chi connectivity index (χ2v) is 7.72. The molecule has 9 nitrogen and oxygen atoms in total. The predicted octanol–water partition coefficient (Wildman–Crippen LogP) is 2.58. The molecule has 1 unspecified atom stereocenters. The van der Waals surface area contributed by atoms with Gasteiger partial charge in [-0.1, -0.05) is 17.3 Å². The van der Waals surface area contributed by atoms with Crippen molar-refractivity contribution in [3.8, 4) is 11.5 Å². The molecule has 10 heteroatoms. The van der Waals surface area contributed by atoms with Gasteiger partial charge in [0.15, 0.2) is 11.5 Å². The second-order valence-electron chi connectivity index (χ2n) is 6.76. The number of hydrazine groups is 1. The number of para-hydroxylation sites is 2. The van der Waals surface area contributed by atoms with Gasteiger partial charge >= 0.3 is 0 Å². The number of amides is 2. The van der Waals surface area contributed by atoms with E-state index in [1.54, 1.807) is 36.5 Å². The van der Waals surface area contributed by atoms with Crippen LogP contribution in [0.25, 0.3) is 0 Å². The topological polar surface area (TPSA) is 116 Å². The number of ether oxygens (including phenoxy) is 2. The van der Waals surface area contributed by atoms with Crippen molar-refractivity contribution < 1.29 is 23.6 Å². The lowest BCUT2D eigenvalue weighted by molar-refractivity contribution is -0.131. The molecule has 1 aliphatic rings. The Morgan fingerprint density at radius 2 is 1.94 bits per heavy atom. The van der Waals surface area contributed by atoms with E-state index in [2.05, 4.69) is 21.0 Å². The van der Waals surface area contributed by atoms with Crippen molar-refractivity contribution >= 4 is 23.6 Å². The van der Waals surface area contributed by atoms with Crippen LogP contribution in [0.2, 0.25) is 0 Å². The lowest BCUT2D eigenvalue weighted by Crippen LogP contribution is -2.50. The molecule has 0 saturated heterocycles. The Balaban J connectivity index is 1.36. The molecular weight excluding hydrogens is 420 g/mol. The molecule has 1 atom stereocenters. The first kappa shape index (κ1) is 20.7. The number of nitrogens with one attached hydrogen (secondary N) is 2. The normalized spacial score (nSPS) is 14.7. The molecule has 1 aromatic carbocycles. The van der Waals surface area contributed by atoms with Crippen LogP contribution in [0.15, 0.2) is 52.1 Å². The molecule has 0 aliphatic carbocycles. The number of fused-ring (bicyclic) bond motifs is 1. The summed E-state index contributed by atoms with van der Waals surface area (Å²) in [5.74, 6) is 1.33. The molecule has 2 amide bonds. The van der Waals surface area contributed by atoms with Crippen molar-refractivity contribution in [1.29, 1.82) is 0 Å². The van der Waals surface area contributed by atoms with Crippen molar-refractivity contribution in [2.24, 2.45) is 0 Å². The Morgan fingerprint density at radius 1 is 1.13 bits per heavy atom. The van der Waals surface area contributed by atoms with Gasteiger partial charge in [-0.15, -0.1) is 11.8 Å².